The fraction of sp³-hybridized carbons (Fsp3) is 0.467. The van der Waals surface area contributed by atoms with Crippen LogP contribution < -0.4 is 5.56 Å². The van der Waals surface area contributed by atoms with Crippen LogP contribution in [0, 0.1) is 125 Å². The van der Waals surface area contributed by atoms with Crippen molar-refractivity contribution in [3.05, 3.63) is 191 Å². The van der Waals surface area contributed by atoms with E-state index < -0.39 is 0 Å². The summed E-state index contributed by atoms with van der Waals surface area (Å²) in [6, 6.07) is 11.1. The van der Waals surface area contributed by atoms with Crippen LogP contribution in [0.1, 0.15) is 142 Å². The number of aromatic nitrogens is 17. The average molecular weight is 1170 g/mol. The minimum absolute atomic E-state index is 0.0486. The first-order chi connectivity index (χ1) is 38.8. The van der Waals surface area contributed by atoms with Gasteiger partial charge in [-0.1, -0.05) is 52.8 Å². The molecule has 0 saturated carbocycles. The van der Waals surface area contributed by atoms with Gasteiger partial charge in [-0.05, 0) is 165 Å². The minimum atomic E-state index is -0.0486. The van der Waals surface area contributed by atoms with Crippen molar-refractivity contribution in [2.45, 2.75) is 166 Å². The third kappa shape index (κ3) is 33.1. The molecule has 0 fully saturated rings. The summed E-state index contributed by atoms with van der Waals surface area (Å²) >= 11 is 3.34. The first-order valence-electron chi connectivity index (χ1n) is 27.0. The molecule has 0 amide bonds. The Bertz CT molecular complexity index is 2740. The molecule has 10 rings (SSSR count). The number of thiazole rings is 1. The molecule has 0 bridgehead atoms. The molecule has 10 heterocycles. The van der Waals surface area contributed by atoms with Crippen LogP contribution in [0.2, 0.25) is 0 Å². The zero-order valence-corrected chi connectivity index (χ0v) is 56.3. The van der Waals surface area contributed by atoms with Crippen LogP contribution in [0.4, 0.5) is 0 Å². The van der Waals surface area contributed by atoms with Crippen LogP contribution in [0.15, 0.2) is 93.6 Å². The Morgan fingerprint density at radius 3 is 1.09 bits per heavy atom. The maximum atomic E-state index is 10.9. The SMILES string of the molecule is CC.CC.CC.Cc1nc(C)c(C)o1.Cc1nc(C)c(C)s1.Cc1nc(C)n(C)c1C.Cc1nnc(C)n1C.Cc1nnn(C)c1C.Cc1nsc(C)c1C.Cc1on(C)c(=O)c1C.c1ccncc1.c1ccnnc1.c1cncnc1. The van der Waals surface area contributed by atoms with Gasteiger partial charge in [-0.3, -0.25) is 14.5 Å². The van der Waals surface area contributed by atoms with Crippen molar-refractivity contribution in [2.75, 3.05) is 0 Å². The van der Waals surface area contributed by atoms with E-state index in [0.29, 0.717) is 11.3 Å². The quantitative estimate of drug-likeness (QED) is 0.137. The van der Waals surface area contributed by atoms with E-state index in [1.807, 2.05) is 181 Å². The minimum Gasteiger partial charge on any atom is -0.446 e. The number of aryl methyl sites for hydroxylation is 16. The maximum Gasteiger partial charge on any atom is 0.285 e. The van der Waals surface area contributed by atoms with Crippen LogP contribution in [0.3, 0.4) is 0 Å². The van der Waals surface area contributed by atoms with Crippen molar-refractivity contribution in [2.24, 2.45) is 28.2 Å². The number of hydrogen-bond donors (Lipinski definition) is 0. The van der Waals surface area contributed by atoms with Crippen LogP contribution in [-0.2, 0) is 28.2 Å². The molecule has 0 aliphatic rings. The fourth-order valence-corrected chi connectivity index (χ4v) is 6.74. The van der Waals surface area contributed by atoms with Gasteiger partial charge < -0.3 is 18.1 Å². The molecule has 0 aliphatic carbocycles. The predicted octanol–water partition coefficient (Wildman–Crippen LogP) is 13.7. The Labute approximate surface area is 498 Å². The summed E-state index contributed by atoms with van der Waals surface area (Å²) in [5.41, 5.74) is 9.85. The molecule has 22 heteroatoms. The summed E-state index contributed by atoms with van der Waals surface area (Å²) in [6.45, 7) is 47.6. The number of pyridine rings is 1. The van der Waals surface area contributed by atoms with Gasteiger partial charge in [0.05, 0.1) is 44.7 Å². The second kappa shape index (κ2) is 45.9. The predicted molar refractivity (Wildman–Crippen MR) is 338 cm³/mol. The molecular weight excluding hydrogens is 1070 g/mol. The molecule has 82 heavy (non-hydrogen) atoms. The number of imidazole rings is 1. The normalized spacial score (nSPS) is 9.02. The Kier molecular flexibility index (Phi) is 44.0. The summed E-state index contributed by atoms with van der Waals surface area (Å²) in [5.74, 6) is 5.38. The van der Waals surface area contributed by atoms with Crippen molar-refractivity contribution >= 4 is 22.9 Å². The van der Waals surface area contributed by atoms with Crippen molar-refractivity contribution in [1.29, 1.82) is 0 Å². The molecule has 10 aromatic heterocycles. The van der Waals surface area contributed by atoms with Crippen molar-refractivity contribution in [1.82, 2.24) is 83.5 Å². The van der Waals surface area contributed by atoms with E-state index in [1.54, 1.807) is 91.7 Å². The Morgan fingerprint density at radius 1 is 0.451 bits per heavy atom. The van der Waals surface area contributed by atoms with Gasteiger partial charge in [-0.25, -0.2) is 24.9 Å². The number of nitrogens with zero attached hydrogens (tertiary/aromatic N) is 17. The van der Waals surface area contributed by atoms with Gasteiger partial charge in [-0.15, -0.1) is 26.6 Å². The molecule has 0 N–H and O–H groups in total. The molecule has 0 saturated heterocycles. The fourth-order valence-electron chi connectivity index (χ4n) is 5.22. The molecule has 0 spiro atoms. The Hall–Kier alpha value is -7.72. The molecule has 0 unspecified atom stereocenters. The topological polar surface area (TPSA) is 231 Å². The third-order valence-corrected chi connectivity index (χ3v) is 13.0. The molecule has 0 aromatic carbocycles. The van der Waals surface area contributed by atoms with Gasteiger partial charge in [0, 0.05) is 87.7 Å². The van der Waals surface area contributed by atoms with E-state index in [2.05, 4.69) is 97.2 Å². The molecule has 0 aliphatic heterocycles. The highest BCUT2D eigenvalue weighted by Gasteiger charge is 2.04. The Morgan fingerprint density at radius 2 is 0.963 bits per heavy atom. The summed E-state index contributed by atoms with van der Waals surface area (Å²) < 4.78 is 21.2. The van der Waals surface area contributed by atoms with Crippen LogP contribution in [0.5, 0.6) is 0 Å². The summed E-state index contributed by atoms with van der Waals surface area (Å²) in [6.07, 6.45) is 11.7. The third-order valence-electron chi connectivity index (χ3n) is 11.1. The highest BCUT2D eigenvalue weighted by Crippen LogP contribution is 2.15. The van der Waals surface area contributed by atoms with Gasteiger partial charge in [0.1, 0.15) is 35.3 Å². The smallest absolute Gasteiger partial charge is 0.285 e. The maximum absolute atomic E-state index is 10.9. The summed E-state index contributed by atoms with van der Waals surface area (Å²) in [7, 11) is 7.47. The summed E-state index contributed by atoms with van der Waals surface area (Å²) in [4.78, 5) is 37.2. The molecule has 452 valence electrons. The lowest BCUT2D eigenvalue weighted by atomic mass is 10.2. The molecule has 10 aromatic rings. The lowest BCUT2D eigenvalue weighted by Crippen LogP contribution is -2.11. The van der Waals surface area contributed by atoms with Gasteiger partial charge in [0.25, 0.3) is 5.56 Å². The standard InChI is InChI=1S/C7H12N2.C6H9NO2.C6H9NO.2C6H9NS.2C5H9N3.C5H5N.2C4H4N2.3C2H6/c1-5-6(2)9(4)7(3)8-5;1-4-5(2)9-7(3)6(4)8;2*1-4-5(2)8-6(3)7-4;1-4-5(2)7-8-6(4)3;1-4-6-7-5(2)8(4)3;1-4-5(2)8(3)7-6-4;1-2-4-6-5-3-1;1-2-5-4-6-3-1;1-2-4-6-5-3-1;3*1-2/h1-4H3;1-3H3;5*1-3H3;1-5H;2*1-4H;3*1-2H3. The van der Waals surface area contributed by atoms with Gasteiger partial charge in [0.2, 0.25) is 0 Å². The Balaban J connectivity index is -0.000000839. The zero-order chi connectivity index (χ0) is 63.5. The van der Waals surface area contributed by atoms with Crippen molar-refractivity contribution < 1.29 is 8.94 Å². The molecule has 0 atom stereocenters. The van der Waals surface area contributed by atoms with E-state index in [0.717, 1.165) is 51.9 Å². The highest BCUT2D eigenvalue weighted by atomic mass is 32.1. The highest BCUT2D eigenvalue weighted by molar-refractivity contribution is 7.11. The van der Waals surface area contributed by atoms with Crippen LogP contribution in [-0.4, -0.2) is 83.5 Å². The largest absolute Gasteiger partial charge is 0.446 e. The zero-order valence-electron chi connectivity index (χ0n) is 54.6. The van der Waals surface area contributed by atoms with Crippen molar-refractivity contribution in [3.63, 3.8) is 0 Å². The van der Waals surface area contributed by atoms with E-state index >= 15 is 0 Å². The van der Waals surface area contributed by atoms with E-state index in [4.69, 9.17) is 8.94 Å². The first kappa shape index (κ1) is 78.5. The van der Waals surface area contributed by atoms with Crippen molar-refractivity contribution in [3.8, 4) is 0 Å². The lowest BCUT2D eigenvalue weighted by Gasteiger charge is -1.94. The average Bonchev–Trinajstić information content (AvgIpc) is 4.33. The first-order valence-corrected chi connectivity index (χ1v) is 28.6. The number of rotatable bonds is 0. The number of hydrogen-bond acceptors (Lipinski definition) is 18. The van der Waals surface area contributed by atoms with E-state index in [-0.39, 0.29) is 5.56 Å². The molecule has 0 radical (unpaired) electrons. The second-order valence-corrected chi connectivity index (χ2v) is 19.1. The van der Waals surface area contributed by atoms with E-state index in [9.17, 15) is 4.79 Å². The monoisotopic (exact) mass is 1170 g/mol. The van der Waals surface area contributed by atoms with Crippen LogP contribution in [0.25, 0.3) is 0 Å². The second-order valence-electron chi connectivity index (χ2n) is 16.7. The lowest BCUT2D eigenvalue weighted by molar-refractivity contribution is 0.283. The van der Waals surface area contributed by atoms with Gasteiger partial charge in [-0.2, -0.15) is 19.3 Å². The summed E-state index contributed by atoms with van der Waals surface area (Å²) in [5, 5.41) is 23.5. The number of oxazole rings is 1. The molecular formula is C60H97N17O3S2. The van der Waals surface area contributed by atoms with Crippen LogP contribution >= 0.6 is 22.9 Å². The van der Waals surface area contributed by atoms with E-state index in [1.165, 1.54) is 48.5 Å². The molecule has 20 nitrogen and oxygen atoms in total. The van der Waals surface area contributed by atoms with Gasteiger partial charge >= 0.3 is 0 Å². The van der Waals surface area contributed by atoms with Gasteiger partial charge in [0.15, 0.2) is 5.89 Å².